The highest BCUT2D eigenvalue weighted by molar-refractivity contribution is 5.85. The Labute approximate surface area is 145 Å². The molecule has 1 aromatic rings. The first-order valence-electron chi connectivity index (χ1n) is 7.41. The maximum Gasteiger partial charge on any atom is 0.240 e. The van der Waals surface area contributed by atoms with Crippen LogP contribution < -0.4 is 5.73 Å². The molecule has 1 fully saturated rings. The zero-order chi connectivity index (χ0) is 14.8. The normalized spacial score (nSPS) is 17.2. The molecule has 8 heteroatoms. The van der Waals surface area contributed by atoms with E-state index < -0.39 is 5.54 Å². The zero-order valence-electron chi connectivity index (χ0n) is 13.9. The van der Waals surface area contributed by atoms with Gasteiger partial charge in [-0.3, -0.25) is 4.90 Å². The Morgan fingerprint density at radius 1 is 1.14 bits per heavy atom. The van der Waals surface area contributed by atoms with Gasteiger partial charge in [0.1, 0.15) is 0 Å². The van der Waals surface area contributed by atoms with E-state index in [0.29, 0.717) is 11.7 Å². The molecule has 2 heterocycles. The van der Waals surface area contributed by atoms with Crippen molar-refractivity contribution in [2.24, 2.45) is 11.7 Å². The molecule has 22 heavy (non-hydrogen) atoms. The third-order valence-corrected chi connectivity index (χ3v) is 3.49. The largest absolute Gasteiger partial charge is 0.338 e. The highest BCUT2D eigenvalue weighted by atomic mass is 35.5. The maximum absolute atomic E-state index is 5.96. The summed E-state index contributed by atoms with van der Waals surface area (Å²) < 4.78 is 5.29. The summed E-state index contributed by atoms with van der Waals surface area (Å²) in [6.07, 6.45) is 0. The van der Waals surface area contributed by atoms with Gasteiger partial charge >= 0.3 is 0 Å². The Kier molecular flexibility index (Phi) is 8.87. The predicted octanol–water partition coefficient (Wildman–Crippen LogP) is 1.88. The number of aromatic nitrogens is 2. The van der Waals surface area contributed by atoms with Gasteiger partial charge in [-0.25, -0.2) is 0 Å². The molecule has 0 amide bonds. The Bertz CT molecular complexity index is 425. The second-order valence-corrected chi connectivity index (χ2v) is 6.70. The summed E-state index contributed by atoms with van der Waals surface area (Å²) in [5, 5.41) is 3.96. The standard InChI is InChI=1S/C14H27N5O.2ClH/c1-11(2)9-18-5-7-19(8-6-18)10-12-16-13(17-20-12)14(3,4)15;;/h11H,5-10,15H2,1-4H3;2*1H. The van der Waals surface area contributed by atoms with Crippen molar-refractivity contribution in [3.05, 3.63) is 11.7 Å². The molecule has 0 saturated carbocycles. The van der Waals surface area contributed by atoms with Gasteiger partial charge in [0.25, 0.3) is 0 Å². The molecular formula is C14H29Cl2N5O. The van der Waals surface area contributed by atoms with Gasteiger partial charge in [0.05, 0.1) is 12.1 Å². The number of hydrogen-bond donors (Lipinski definition) is 1. The number of rotatable bonds is 5. The molecule has 0 bridgehead atoms. The summed E-state index contributed by atoms with van der Waals surface area (Å²) in [7, 11) is 0. The average molecular weight is 354 g/mol. The first kappa shape index (κ1) is 21.6. The Hall–Kier alpha value is -0.400. The van der Waals surface area contributed by atoms with E-state index in [1.807, 2.05) is 13.8 Å². The quantitative estimate of drug-likeness (QED) is 0.871. The minimum absolute atomic E-state index is 0. The molecule has 2 N–H and O–H groups in total. The van der Waals surface area contributed by atoms with Gasteiger partial charge in [0.15, 0.2) is 5.82 Å². The molecule has 0 atom stereocenters. The number of nitrogens with two attached hydrogens (primary N) is 1. The molecule has 0 unspecified atom stereocenters. The summed E-state index contributed by atoms with van der Waals surface area (Å²) in [4.78, 5) is 9.26. The van der Waals surface area contributed by atoms with Gasteiger partial charge in [-0.1, -0.05) is 19.0 Å². The van der Waals surface area contributed by atoms with E-state index >= 15 is 0 Å². The van der Waals surface area contributed by atoms with E-state index in [4.69, 9.17) is 10.3 Å². The summed E-state index contributed by atoms with van der Waals surface area (Å²) in [6, 6.07) is 0. The van der Waals surface area contributed by atoms with Crippen LogP contribution in [0.1, 0.15) is 39.4 Å². The van der Waals surface area contributed by atoms with Crippen molar-refractivity contribution in [2.45, 2.75) is 39.8 Å². The molecular weight excluding hydrogens is 325 g/mol. The second kappa shape index (κ2) is 9.03. The van der Waals surface area contributed by atoms with Crippen molar-refractivity contribution >= 4 is 24.8 Å². The van der Waals surface area contributed by atoms with Crippen LogP contribution in [0.15, 0.2) is 4.52 Å². The molecule has 1 saturated heterocycles. The van der Waals surface area contributed by atoms with Crippen LogP contribution in [0.25, 0.3) is 0 Å². The van der Waals surface area contributed by atoms with Crippen molar-refractivity contribution in [1.82, 2.24) is 19.9 Å². The van der Waals surface area contributed by atoms with Gasteiger partial charge < -0.3 is 15.2 Å². The van der Waals surface area contributed by atoms with Crippen LogP contribution in [0.5, 0.6) is 0 Å². The lowest BCUT2D eigenvalue weighted by atomic mass is 10.1. The molecule has 130 valence electrons. The van der Waals surface area contributed by atoms with E-state index in [1.165, 1.54) is 6.54 Å². The molecule has 0 spiro atoms. The Morgan fingerprint density at radius 2 is 1.68 bits per heavy atom. The topological polar surface area (TPSA) is 71.4 Å². The lowest BCUT2D eigenvalue weighted by molar-refractivity contribution is 0.108. The molecule has 2 rings (SSSR count). The van der Waals surface area contributed by atoms with Crippen molar-refractivity contribution < 1.29 is 4.52 Å². The lowest BCUT2D eigenvalue weighted by Crippen LogP contribution is -2.46. The van der Waals surface area contributed by atoms with Crippen molar-refractivity contribution in [3.63, 3.8) is 0 Å². The van der Waals surface area contributed by atoms with Crippen LogP contribution in [0, 0.1) is 5.92 Å². The van der Waals surface area contributed by atoms with Gasteiger partial charge in [-0.2, -0.15) is 4.98 Å². The van der Waals surface area contributed by atoms with Gasteiger partial charge in [0.2, 0.25) is 5.89 Å². The second-order valence-electron chi connectivity index (χ2n) is 6.70. The van der Waals surface area contributed by atoms with E-state index in [-0.39, 0.29) is 24.8 Å². The SMILES string of the molecule is CC(C)CN1CCN(Cc2nc(C(C)(C)N)no2)CC1.Cl.Cl. The van der Waals surface area contributed by atoms with Crippen molar-refractivity contribution in [3.8, 4) is 0 Å². The minimum atomic E-state index is -0.544. The molecule has 1 aromatic heterocycles. The zero-order valence-corrected chi connectivity index (χ0v) is 15.5. The summed E-state index contributed by atoms with van der Waals surface area (Å²) >= 11 is 0. The molecule has 0 aliphatic carbocycles. The van der Waals surface area contributed by atoms with E-state index in [0.717, 1.165) is 38.6 Å². The van der Waals surface area contributed by atoms with Crippen LogP contribution in [-0.4, -0.2) is 52.7 Å². The van der Waals surface area contributed by atoms with Gasteiger partial charge in [-0.15, -0.1) is 24.8 Å². The van der Waals surface area contributed by atoms with E-state index in [1.54, 1.807) is 0 Å². The number of nitrogens with zero attached hydrogens (tertiary/aromatic N) is 4. The monoisotopic (exact) mass is 353 g/mol. The van der Waals surface area contributed by atoms with Gasteiger partial charge in [0, 0.05) is 32.7 Å². The van der Waals surface area contributed by atoms with Crippen LogP contribution >= 0.6 is 24.8 Å². The molecule has 0 radical (unpaired) electrons. The molecule has 0 aromatic carbocycles. The molecule has 1 aliphatic heterocycles. The van der Waals surface area contributed by atoms with Crippen LogP contribution in [-0.2, 0) is 12.1 Å². The Morgan fingerprint density at radius 3 is 2.14 bits per heavy atom. The van der Waals surface area contributed by atoms with Crippen LogP contribution in [0.3, 0.4) is 0 Å². The predicted molar refractivity (Wildman–Crippen MR) is 92.6 cm³/mol. The van der Waals surface area contributed by atoms with E-state index in [2.05, 4.69) is 33.8 Å². The third kappa shape index (κ3) is 6.38. The molecule has 1 aliphatic rings. The smallest absolute Gasteiger partial charge is 0.240 e. The first-order valence-corrected chi connectivity index (χ1v) is 7.41. The third-order valence-electron chi connectivity index (χ3n) is 3.49. The number of hydrogen-bond acceptors (Lipinski definition) is 6. The number of piperazine rings is 1. The first-order chi connectivity index (χ1) is 9.34. The summed E-state index contributed by atoms with van der Waals surface area (Å²) in [5.41, 5.74) is 5.42. The highest BCUT2D eigenvalue weighted by Gasteiger charge is 2.23. The van der Waals surface area contributed by atoms with Crippen LogP contribution in [0.4, 0.5) is 0 Å². The van der Waals surface area contributed by atoms with Crippen LogP contribution in [0.2, 0.25) is 0 Å². The van der Waals surface area contributed by atoms with E-state index in [9.17, 15) is 0 Å². The fourth-order valence-corrected chi connectivity index (χ4v) is 2.42. The fraction of sp³-hybridized carbons (Fsp3) is 0.857. The lowest BCUT2D eigenvalue weighted by Gasteiger charge is -2.34. The van der Waals surface area contributed by atoms with Crippen molar-refractivity contribution in [1.29, 1.82) is 0 Å². The highest BCUT2D eigenvalue weighted by Crippen LogP contribution is 2.14. The maximum atomic E-state index is 5.96. The average Bonchev–Trinajstić information content (AvgIpc) is 2.79. The van der Waals surface area contributed by atoms with Gasteiger partial charge in [-0.05, 0) is 19.8 Å². The fourth-order valence-electron chi connectivity index (χ4n) is 2.42. The summed E-state index contributed by atoms with van der Waals surface area (Å²) in [5.74, 6) is 1.97. The van der Waals surface area contributed by atoms with Crippen molar-refractivity contribution in [2.75, 3.05) is 32.7 Å². The molecule has 6 nitrogen and oxygen atoms in total. The number of halogens is 2. The minimum Gasteiger partial charge on any atom is -0.338 e. The Balaban J connectivity index is 0.00000220. The summed E-state index contributed by atoms with van der Waals surface area (Å²) in [6.45, 7) is 14.5.